The average Bonchev–Trinajstić information content (AvgIpc) is 3.37. The third kappa shape index (κ3) is 6.96. The molecule has 10 nitrogen and oxygen atoms in total. The molecule has 2 N–H and O–H groups in total. The lowest BCUT2D eigenvalue weighted by Crippen LogP contribution is -2.33. The standard InChI is InChI=1S/C23H20N2O8/c1-30-18-5-2-4-16(12-18)24-20(26)13-32-17-9-7-15(8-10-17)23(29)33-14-21(27)25-22(28)19-6-3-11-31-19/h2-12H,13-14H2,1H3,(H,24,26)(H,25,27,28). The minimum Gasteiger partial charge on any atom is -0.497 e. The van der Waals surface area contributed by atoms with Crippen LogP contribution in [0.15, 0.2) is 71.3 Å². The number of rotatable bonds is 9. The van der Waals surface area contributed by atoms with Crippen molar-refractivity contribution >= 4 is 29.4 Å². The third-order valence-corrected chi connectivity index (χ3v) is 4.15. The molecule has 0 saturated carbocycles. The Morgan fingerprint density at radius 1 is 0.879 bits per heavy atom. The summed E-state index contributed by atoms with van der Waals surface area (Å²) in [5.41, 5.74) is 0.726. The van der Waals surface area contributed by atoms with Crippen molar-refractivity contribution in [3.8, 4) is 11.5 Å². The Kier molecular flexibility index (Phi) is 7.79. The number of esters is 1. The Morgan fingerprint density at radius 3 is 2.36 bits per heavy atom. The Balaban J connectivity index is 1.42. The second kappa shape index (κ2) is 11.1. The maximum atomic E-state index is 12.1. The molecular formula is C23H20N2O8. The highest BCUT2D eigenvalue weighted by atomic mass is 16.5. The molecule has 0 saturated heterocycles. The zero-order valence-electron chi connectivity index (χ0n) is 17.5. The van der Waals surface area contributed by atoms with Gasteiger partial charge in [-0.25, -0.2) is 4.79 Å². The number of carbonyl (C=O) groups excluding carboxylic acids is 4. The lowest BCUT2D eigenvalue weighted by molar-refractivity contribution is -0.123. The highest BCUT2D eigenvalue weighted by Gasteiger charge is 2.15. The van der Waals surface area contributed by atoms with Crippen LogP contribution in [0.2, 0.25) is 0 Å². The van der Waals surface area contributed by atoms with Crippen LogP contribution in [0.5, 0.6) is 11.5 Å². The van der Waals surface area contributed by atoms with E-state index >= 15 is 0 Å². The van der Waals surface area contributed by atoms with Crippen LogP contribution in [0.1, 0.15) is 20.9 Å². The third-order valence-electron chi connectivity index (χ3n) is 4.15. The number of methoxy groups -OCH3 is 1. The van der Waals surface area contributed by atoms with Crippen molar-refractivity contribution in [1.82, 2.24) is 5.32 Å². The summed E-state index contributed by atoms with van der Waals surface area (Å²) in [6.45, 7) is -0.890. The number of furan rings is 1. The van der Waals surface area contributed by atoms with Crippen molar-refractivity contribution in [2.24, 2.45) is 0 Å². The van der Waals surface area contributed by atoms with Crippen LogP contribution in [-0.4, -0.2) is 44.0 Å². The normalized spacial score (nSPS) is 10.1. The smallest absolute Gasteiger partial charge is 0.338 e. The molecule has 0 unspecified atom stereocenters. The molecule has 0 aliphatic rings. The van der Waals surface area contributed by atoms with Crippen molar-refractivity contribution in [2.45, 2.75) is 0 Å². The van der Waals surface area contributed by atoms with Crippen molar-refractivity contribution in [1.29, 1.82) is 0 Å². The van der Waals surface area contributed by atoms with Crippen LogP contribution >= 0.6 is 0 Å². The number of carbonyl (C=O) groups is 4. The fourth-order valence-corrected chi connectivity index (χ4v) is 2.58. The predicted octanol–water partition coefficient (Wildman–Crippen LogP) is 2.42. The lowest BCUT2D eigenvalue weighted by Gasteiger charge is -2.09. The van der Waals surface area contributed by atoms with E-state index in [4.69, 9.17) is 18.6 Å². The summed E-state index contributed by atoms with van der Waals surface area (Å²) in [6.07, 6.45) is 1.29. The molecular weight excluding hydrogens is 432 g/mol. The van der Waals surface area contributed by atoms with E-state index < -0.39 is 24.4 Å². The summed E-state index contributed by atoms with van der Waals surface area (Å²) in [5.74, 6) is -1.75. The van der Waals surface area contributed by atoms with Gasteiger partial charge in [0.1, 0.15) is 11.5 Å². The van der Waals surface area contributed by atoms with E-state index in [1.165, 1.54) is 49.8 Å². The number of benzene rings is 2. The van der Waals surface area contributed by atoms with Gasteiger partial charge < -0.3 is 23.9 Å². The first-order chi connectivity index (χ1) is 15.9. The number of anilines is 1. The summed E-state index contributed by atoms with van der Waals surface area (Å²) < 4.78 is 20.2. The van der Waals surface area contributed by atoms with E-state index in [-0.39, 0.29) is 23.8 Å². The number of hydrogen-bond acceptors (Lipinski definition) is 8. The number of nitrogens with one attached hydrogen (secondary N) is 2. The highest BCUT2D eigenvalue weighted by Crippen LogP contribution is 2.17. The molecule has 3 amide bonds. The first-order valence-electron chi connectivity index (χ1n) is 9.66. The molecule has 33 heavy (non-hydrogen) atoms. The van der Waals surface area contributed by atoms with Gasteiger partial charge in [0.15, 0.2) is 19.0 Å². The van der Waals surface area contributed by atoms with Gasteiger partial charge in [-0.3, -0.25) is 19.7 Å². The molecule has 10 heteroatoms. The molecule has 1 heterocycles. The van der Waals surface area contributed by atoms with Gasteiger partial charge in [0, 0.05) is 11.8 Å². The van der Waals surface area contributed by atoms with Gasteiger partial charge >= 0.3 is 5.97 Å². The fraction of sp³-hybridized carbons (Fsp3) is 0.130. The molecule has 0 bridgehead atoms. The van der Waals surface area contributed by atoms with Gasteiger partial charge in [-0.15, -0.1) is 0 Å². The molecule has 3 rings (SSSR count). The topological polar surface area (TPSA) is 133 Å². The summed E-state index contributed by atoms with van der Waals surface area (Å²) in [6, 6.07) is 15.6. The number of imide groups is 1. The summed E-state index contributed by atoms with van der Waals surface area (Å²) in [7, 11) is 1.53. The quantitative estimate of drug-likeness (QED) is 0.473. The van der Waals surface area contributed by atoms with Crippen molar-refractivity contribution in [3.63, 3.8) is 0 Å². The summed E-state index contributed by atoms with van der Waals surface area (Å²) in [4.78, 5) is 47.6. The summed E-state index contributed by atoms with van der Waals surface area (Å²) >= 11 is 0. The van der Waals surface area contributed by atoms with E-state index in [2.05, 4.69) is 5.32 Å². The zero-order valence-corrected chi connectivity index (χ0v) is 17.5. The SMILES string of the molecule is COc1cccc(NC(=O)COc2ccc(C(=O)OCC(=O)NC(=O)c3ccco3)cc2)c1. The van der Waals surface area contributed by atoms with Crippen LogP contribution in [0.25, 0.3) is 0 Å². The van der Waals surface area contributed by atoms with E-state index in [1.807, 2.05) is 5.32 Å². The van der Waals surface area contributed by atoms with Crippen LogP contribution < -0.4 is 20.1 Å². The Morgan fingerprint density at radius 2 is 1.67 bits per heavy atom. The van der Waals surface area contributed by atoms with Crippen molar-refractivity contribution in [2.75, 3.05) is 25.6 Å². The first kappa shape index (κ1) is 23.1. The highest BCUT2D eigenvalue weighted by molar-refractivity contribution is 6.04. The van der Waals surface area contributed by atoms with Gasteiger partial charge in [-0.2, -0.15) is 0 Å². The molecule has 0 fully saturated rings. The van der Waals surface area contributed by atoms with E-state index in [0.29, 0.717) is 17.2 Å². The zero-order chi connectivity index (χ0) is 23.6. The predicted molar refractivity (Wildman–Crippen MR) is 115 cm³/mol. The lowest BCUT2D eigenvalue weighted by atomic mass is 10.2. The number of ether oxygens (including phenoxy) is 3. The van der Waals surface area contributed by atoms with Gasteiger partial charge in [0.05, 0.1) is 18.9 Å². The molecule has 0 aliphatic heterocycles. The van der Waals surface area contributed by atoms with Crippen LogP contribution in [0.3, 0.4) is 0 Å². The van der Waals surface area contributed by atoms with Crippen LogP contribution in [0, 0.1) is 0 Å². The molecule has 0 atom stereocenters. The maximum Gasteiger partial charge on any atom is 0.338 e. The van der Waals surface area contributed by atoms with Crippen molar-refractivity contribution < 1.29 is 37.8 Å². The molecule has 3 aromatic rings. The average molecular weight is 452 g/mol. The molecule has 2 aromatic carbocycles. The van der Waals surface area contributed by atoms with Gasteiger partial charge in [0.2, 0.25) is 0 Å². The molecule has 170 valence electrons. The molecule has 1 aromatic heterocycles. The number of hydrogen-bond donors (Lipinski definition) is 2. The molecule has 0 aliphatic carbocycles. The van der Waals surface area contributed by atoms with E-state index in [1.54, 1.807) is 24.3 Å². The number of amides is 3. The first-order valence-corrected chi connectivity index (χ1v) is 9.66. The van der Waals surface area contributed by atoms with Crippen molar-refractivity contribution in [3.05, 3.63) is 78.3 Å². The Bertz CT molecular complexity index is 1120. The van der Waals surface area contributed by atoms with Crippen LogP contribution in [-0.2, 0) is 14.3 Å². The van der Waals surface area contributed by atoms with E-state index in [0.717, 1.165) is 0 Å². The second-order valence-corrected chi connectivity index (χ2v) is 6.52. The monoisotopic (exact) mass is 452 g/mol. The largest absolute Gasteiger partial charge is 0.497 e. The Hall–Kier alpha value is -4.60. The summed E-state index contributed by atoms with van der Waals surface area (Å²) in [5, 5.41) is 4.72. The fourth-order valence-electron chi connectivity index (χ4n) is 2.58. The van der Waals surface area contributed by atoms with Gasteiger partial charge in [-0.1, -0.05) is 6.07 Å². The van der Waals surface area contributed by atoms with Gasteiger partial charge in [0.25, 0.3) is 17.7 Å². The maximum absolute atomic E-state index is 12.1. The van der Waals surface area contributed by atoms with Crippen LogP contribution in [0.4, 0.5) is 5.69 Å². The Labute approximate surface area is 188 Å². The minimum atomic E-state index is -0.799. The minimum absolute atomic E-state index is 0.0394. The molecule has 0 spiro atoms. The molecule has 0 radical (unpaired) electrons. The van der Waals surface area contributed by atoms with E-state index in [9.17, 15) is 19.2 Å². The van der Waals surface area contributed by atoms with Gasteiger partial charge in [-0.05, 0) is 48.5 Å². The second-order valence-electron chi connectivity index (χ2n) is 6.52.